The molecule has 2 aromatic rings. The maximum Gasteiger partial charge on any atom is -0.00975 e. The van der Waals surface area contributed by atoms with Crippen LogP contribution >= 0.6 is 17.2 Å². The lowest BCUT2D eigenvalue weighted by Gasteiger charge is -2.12. The van der Waals surface area contributed by atoms with Crippen molar-refractivity contribution in [2.75, 3.05) is 12.3 Å². The number of hydrogen-bond acceptors (Lipinski definition) is 0. The van der Waals surface area contributed by atoms with Gasteiger partial charge in [-0.05, 0) is 59.4 Å². The molecule has 2 aromatic carbocycles. The summed E-state index contributed by atoms with van der Waals surface area (Å²) in [6, 6.07) is 13.8. The minimum atomic E-state index is 1.09. The van der Waals surface area contributed by atoms with Crippen molar-refractivity contribution in [2.24, 2.45) is 0 Å². The van der Waals surface area contributed by atoms with Crippen molar-refractivity contribution in [3.8, 4) is 0 Å². The molecule has 0 N–H and O–H groups in total. The predicted molar refractivity (Wildman–Crippen MR) is 108 cm³/mol. The molecule has 0 fully saturated rings. The second kappa shape index (κ2) is 10.4. The summed E-state index contributed by atoms with van der Waals surface area (Å²) in [6.07, 6.45) is 10.8. The first kappa shape index (κ1) is 17.9. The third-order valence-electron chi connectivity index (χ3n) is 4.11. The number of rotatable bonds is 10. The first-order valence-corrected chi connectivity index (χ1v) is 11.6. The van der Waals surface area contributed by atoms with Crippen molar-refractivity contribution in [3.05, 3.63) is 47.5 Å². The molecule has 0 aliphatic rings. The molecule has 0 bridgehead atoms. The maximum absolute atomic E-state index is 2.47. The highest BCUT2D eigenvalue weighted by Gasteiger charge is 2.05. The van der Waals surface area contributed by atoms with E-state index < -0.39 is 0 Å². The Hall–Kier alpha value is -0.440. The van der Waals surface area contributed by atoms with E-state index in [0.29, 0.717) is 0 Å². The van der Waals surface area contributed by atoms with Crippen molar-refractivity contribution in [1.82, 2.24) is 0 Å². The first-order valence-electron chi connectivity index (χ1n) is 8.77. The molecule has 2 atom stereocenters. The van der Waals surface area contributed by atoms with Crippen LogP contribution in [0.1, 0.15) is 50.7 Å². The predicted octanol–water partition coefficient (Wildman–Crippen LogP) is 6.80. The van der Waals surface area contributed by atoms with Crippen LogP contribution in [0.4, 0.5) is 0 Å². The smallest absolute Gasteiger partial charge is 0.00975 e. The van der Waals surface area contributed by atoms with Gasteiger partial charge in [0.25, 0.3) is 0 Å². The fourth-order valence-electron chi connectivity index (χ4n) is 2.71. The van der Waals surface area contributed by atoms with Gasteiger partial charge in [-0.1, -0.05) is 63.1 Å². The van der Waals surface area contributed by atoms with Gasteiger partial charge in [0.15, 0.2) is 0 Å². The molecule has 0 nitrogen and oxygen atoms in total. The first-order chi connectivity index (χ1) is 10.8. The molecule has 0 aliphatic carbocycles. The molecule has 2 heteroatoms. The fraction of sp³-hybridized carbons (Fsp3) is 0.500. The summed E-state index contributed by atoms with van der Waals surface area (Å²) in [5.74, 6) is 0. The lowest BCUT2D eigenvalue weighted by Crippen LogP contribution is -1.92. The van der Waals surface area contributed by atoms with Crippen LogP contribution in [0.5, 0.6) is 0 Å². The maximum atomic E-state index is 2.47. The van der Waals surface area contributed by atoms with Crippen molar-refractivity contribution in [1.29, 1.82) is 0 Å². The minimum absolute atomic E-state index is 1.09. The van der Waals surface area contributed by atoms with Gasteiger partial charge in [0.05, 0.1) is 0 Å². The summed E-state index contributed by atoms with van der Waals surface area (Å²) >= 11 is 0. The van der Waals surface area contributed by atoms with Gasteiger partial charge in [-0.2, -0.15) is 0 Å². The third kappa shape index (κ3) is 5.64. The molecular formula is C20H30P2. The number of unbranched alkanes of at least 4 members (excludes halogenated alkanes) is 2. The highest BCUT2D eigenvalue weighted by molar-refractivity contribution is 7.37. The molecular weight excluding hydrogens is 302 g/mol. The van der Waals surface area contributed by atoms with Gasteiger partial charge < -0.3 is 0 Å². The van der Waals surface area contributed by atoms with E-state index in [2.05, 4.69) is 50.2 Å². The van der Waals surface area contributed by atoms with Crippen molar-refractivity contribution in [2.45, 2.75) is 51.9 Å². The molecule has 0 saturated heterocycles. The SMILES string of the molecule is CCCCPCc1cc2ccccc2cc1CPCCCC. The molecule has 0 aliphatic heterocycles. The van der Waals surface area contributed by atoms with Crippen LogP contribution in [0.25, 0.3) is 10.8 Å². The molecule has 0 spiro atoms. The van der Waals surface area contributed by atoms with Gasteiger partial charge >= 0.3 is 0 Å². The summed E-state index contributed by atoms with van der Waals surface area (Å²) in [6.45, 7) is 4.58. The molecule has 0 saturated carbocycles. The Morgan fingerprint density at radius 2 is 1.18 bits per heavy atom. The van der Waals surface area contributed by atoms with E-state index >= 15 is 0 Å². The van der Waals surface area contributed by atoms with E-state index in [1.807, 2.05) is 0 Å². The van der Waals surface area contributed by atoms with E-state index in [0.717, 1.165) is 17.2 Å². The van der Waals surface area contributed by atoms with Crippen LogP contribution in [-0.2, 0) is 12.3 Å². The highest BCUT2D eigenvalue weighted by Crippen LogP contribution is 2.31. The summed E-state index contributed by atoms with van der Waals surface area (Å²) < 4.78 is 0. The standard InChI is InChI=1S/C20H30P2/c1-3-5-11-21-15-19-13-17-9-7-8-10-18(17)14-20(19)16-22-12-6-4-2/h7-10,13-14,21-22H,3-6,11-12,15-16H2,1-2H3. The van der Waals surface area contributed by atoms with E-state index in [1.165, 1.54) is 61.1 Å². The molecule has 0 heterocycles. The summed E-state index contributed by atoms with van der Waals surface area (Å²) in [5.41, 5.74) is 3.24. The van der Waals surface area contributed by atoms with Crippen LogP contribution in [0.15, 0.2) is 36.4 Å². The van der Waals surface area contributed by atoms with E-state index in [4.69, 9.17) is 0 Å². The number of hydrogen-bond donors (Lipinski definition) is 0. The molecule has 2 rings (SSSR count). The Morgan fingerprint density at radius 1 is 0.727 bits per heavy atom. The van der Waals surface area contributed by atoms with Gasteiger partial charge in [-0.15, -0.1) is 17.2 Å². The van der Waals surface area contributed by atoms with E-state index in [1.54, 1.807) is 11.1 Å². The average Bonchev–Trinajstić information content (AvgIpc) is 2.55. The van der Waals surface area contributed by atoms with Crippen LogP contribution < -0.4 is 0 Å². The quantitative estimate of drug-likeness (QED) is 0.331. The zero-order valence-corrected chi connectivity index (χ0v) is 16.1. The summed E-state index contributed by atoms with van der Waals surface area (Å²) in [7, 11) is 2.19. The molecule has 0 amide bonds. The largest absolute Gasteiger partial charge is 0.118 e. The topological polar surface area (TPSA) is 0 Å². The number of fused-ring (bicyclic) bond motifs is 1. The Morgan fingerprint density at radius 3 is 1.59 bits per heavy atom. The van der Waals surface area contributed by atoms with Crippen LogP contribution in [0.3, 0.4) is 0 Å². The van der Waals surface area contributed by atoms with Gasteiger partial charge in [-0.25, -0.2) is 0 Å². The van der Waals surface area contributed by atoms with Crippen LogP contribution in [-0.4, -0.2) is 12.3 Å². The van der Waals surface area contributed by atoms with Gasteiger partial charge in [0.2, 0.25) is 0 Å². The monoisotopic (exact) mass is 332 g/mol. The van der Waals surface area contributed by atoms with Crippen LogP contribution in [0, 0.1) is 0 Å². The zero-order chi connectivity index (χ0) is 15.6. The fourth-order valence-corrected chi connectivity index (χ4v) is 5.47. The van der Waals surface area contributed by atoms with Gasteiger partial charge in [-0.3, -0.25) is 0 Å². The molecule has 22 heavy (non-hydrogen) atoms. The summed E-state index contributed by atoms with van der Waals surface area (Å²) in [5, 5.41) is 2.83. The third-order valence-corrected chi connectivity index (χ3v) is 6.79. The normalized spacial score (nSPS) is 12.3. The minimum Gasteiger partial charge on any atom is -0.118 e. The zero-order valence-electron chi connectivity index (χ0n) is 14.1. The Balaban J connectivity index is 2.09. The molecule has 0 aromatic heterocycles. The van der Waals surface area contributed by atoms with E-state index in [9.17, 15) is 0 Å². The van der Waals surface area contributed by atoms with Crippen molar-refractivity contribution < 1.29 is 0 Å². The van der Waals surface area contributed by atoms with Gasteiger partial charge in [0, 0.05) is 0 Å². The van der Waals surface area contributed by atoms with Crippen molar-refractivity contribution in [3.63, 3.8) is 0 Å². The van der Waals surface area contributed by atoms with Crippen molar-refractivity contribution >= 4 is 27.9 Å². The number of benzene rings is 2. The highest BCUT2D eigenvalue weighted by atomic mass is 31.1. The lowest BCUT2D eigenvalue weighted by atomic mass is 10.0. The van der Waals surface area contributed by atoms with E-state index in [-0.39, 0.29) is 0 Å². The molecule has 0 radical (unpaired) electrons. The average molecular weight is 332 g/mol. The van der Waals surface area contributed by atoms with Gasteiger partial charge in [0.1, 0.15) is 0 Å². The second-order valence-electron chi connectivity index (χ2n) is 6.03. The Bertz CT molecular complexity index is 512. The summed E-state index contributed by atoms with van der Waals surface area (Å²) in [4.78, 5) is 0. The van der Waals surface area contributed by atoms with Crippen LogP contribution in [0.2, 0.25) is 0 Å². The molecule has 120 valence electrons. The second-order valence-corrected chi connectivity index (χ2v) is 8.74. The Labute approximate surface area is 140 Å². The Kier molecular flexibility index (Phi) is 8.43. The lowest BCUT2D eigenvalue weighted by molar-refractivity contribution is 0.892. The molecule has 2 unspecified atom stereocenters.